The molecule has 1 rings (SSSR count). The van der Waals surface area contributed by atoms with Crippen molar-refractivity contribution in [3.8, 4) is 0 Å². The molecular weight excluding hydrogens is 384 g/mol. The van der Waals surface area contributed by atoms with Crippen molar-refractivity contribution in [1.29, 1.82) is 0 Å². The number of carbonyl (C=O) groups excluding carboxylic acids is 1. The number of rotatable bonds is 12. The summed E-state index contributed by atoms with van der Waals surface area (Å²) in [5, 5.41) is 40.2. The van der Waals surface area contributed by atoms with Crippen molar-refractivity contribution in [2.24, 2.45) is 5.92 Å². The standard InChI is InChI=1S/C24H38O6/c1-6-7-12-16(2)22(27)17(3)13-10-8-9-11-14-20(26)15-21-18(4)23(28)24(29,30-21)19(5)25/h8-10,12-13,17,19-20,22,25-27,29H,6-7,11,14-15H2,1-5H3. The van der Waals surface area contributed by atoms with Gasteiger partial charge in [-0.05, 0) is 45.6 Å². The zero-order chi connectivity index (χ0) is 22.9. The molecule has 1 aliphatic rings. The predicted octanol–water partition coefficient (Wildman–Crippen LogP) is 3.32. The van der Waals surface area contributed by atoms with Gasteiger partial charge >= 0.3 is 0 Å². The summed E-state index contributed by atoms with van der Waals surface area (Å²) in [6.45, 7) is 8.82. The SMILES string of the molecule is CCCC=C(C)C(O)C(C)C=CC=CCCC(O)CC1=C(C)C(=O)C(O)(C(C)O)O1. The molecule has 4 N–H and O–H groups in total. The monoisotopic (exact) mass is 422 g/mol. The van der Waals surface area contributed by atoms with Gasteiger partial charge in [0.15, 0.2) is 0 Å². The van der Waals surface area contributed by atoms with Crippen LogP contribution < -0.4 is 0 Å². The van der Waals surface area contributed by atoms with Crippen LogP contribution in [0, 0.1) is 5.92 Å². The van der Waals surface area contributed by atoms with Crippen LogP contribution in [0.1, 0.15) is 66.7 Å². The van der Waals surface area contributed by atoms with E-state index in [2.05, 4.69) is 13.0 Å². The first kappa shape index (κ1) is 26.3. The third kappa shape index (κ3) is 7.20. The molecule has 0 amide bonds. The Morgan fingerprint density at radius 1 is 1.17 bits per heavy atom. The summed E-state index contributed by atoms with van der Waals surface area (Å²) in [5.41, 5.74) is 1.22. The highest BCUT2D eigenvalue weighted by Crippen LogP contribution is 2.34. The second kappa shape index (κ2) is 12.2. The maximum atomic E-state index is 12.1. The first-order valence-electron chi connectivity index (χ1n) is 10.7. The maximum absolute atomic E-state index is 12.1. The molecule has 1 aliphatic heterocycles. The van der Waals surface area contributed by atoms with Gasteiger partial charge in [0.25, 0.3) is 5.79 Å². The Morgan fingerprint density at radius 3 is 2.40 bits per heavy atom. The molecule has 0 radical (unpaired) electrons. The van der Waals surface area contributed by atoms with E-state index in [1.54, 1.807) is 0 Å². The average molecular weight is 423 g/mol. The van der Waals surface area contributed by atoms with E-state index < -0.39 is 29.9 Å². The van der Waals surface area contributed by atoms with Crippen LogP contribution >= 0.6 is 0 Å². The molecule has 0 spiro atoms. The van der Waals surface area contributed by atoms with Crippen molar-refractivity contribution in [2.75, 3.05) is 0 Å². The maximum Gasteiger partial charge on any atom is 0.298 e. The second-order valence-corrected chi connectivity index (χ2v) is 8.14. The molecule has 0 aromatic carbocycles. The van der Waals surface area contributed by atoms with Crippen LogP contribution in [0.3, 0.4) is 0 Å². The Labute approximate surface area is 180 Å². The minimum Gasteiger partial charge on any atom is -0.456 e. The topological polar surface area (TPSA) is 107 Å². The highest BCUT2D eigenvalue weighted by atomic mass is 16.6. The van der Waals surface area contributed by atoms with Gasteiger partial charge in [0.2, 0.25) is 5.78 Å². The molecule has 0 aromatic rings. The number of aliphatic hydroxyl groups is 4. The van der Waals surface area contributed by atoms with Crippen molar-refractivity contribution in [1.82, 2.24) is 0 Å². The lowest BCUT2D eigenvalue weighted by Gasteiger charge is -2.25. The predicted molar refractivity (Wildman–Crippen MR) is 117 cm³/mol. The summed E-state index contributed by atoms with van der Waals surface area (Å²) in [7, 11) is 0. The number of hydrogen-bond donors (Lipinski definition) is 4. The van der Waals surface area contributed by atoms with Gasteiger partial charge < -0.3 is 25.2 Å². The van der Waals surface area contributed by atoms with Gasteiger partial charge in [0.05, 0.1) is 12.2 Å². The van der Waals surface area contributed by atoms with Crippen molar-refractivity contribution < 1.29 is 30.0 Å². The number of Topliss-reactive ketones (excluding diaryl/α,β-unsaturated/α-hetero) is 1. The molecular formula is C24H38O6. The van der Waals surface area contributed by atoms with E-state index in [-0.39, 0.29) is 23.7 Å². The first-order chi connectivity index (χ1) is 14.0. The quantitative estimate of drug-likeness (QED) is 0.284. The van der Waals surface area contributed by atoms with E-state index in [1.807, 2.05) is 38.2 Å². The van der Waals surface area contributed by atoms with Crippen molar-refractivity contribution in [3.63, 3.8) is 0 Å². The van der Waals surface area contributed by atoms with Crippen LogP contribution in [0.4, 0.5) is 0 Å². The fraction of sp³-hybridized carbons (Fsp3) is 0.625. The molecule has 170 valence electrons. The van der Waals surface area contributed by atoms with Crippen LogP contribution in [-0.4, -0.2) is 50.3 Å². The molecule has 0 aromatic heterocycles. The molecule has 0 saturated carbocycles. The third-order valence-corrected chi connectivity index (χ3v) is 5.40. The van der Waals surface area contributed by atoms with Gasteiger partial charge in [-0.2, -0.15) is 0 Å². The average Bonchev–Trinajstić information content (AvgIpc) is 2.92. The Hall–Kier alpha value is -1.73. The van der Waals surface area contributed by atoms with Crippen LogP contribution in [0.5, 0.6) is 0 Å². The highest BCUT2D eigenvalue weighted by molar-refractivity contribution is 6.03. The summed E-state index contributed by atoms with van der Waals surface area (Å²) in [4.78, 5) is 12.1. The van der Waals surface area contributed by atoms with E-state index >= 15 is 0 Å². The number of aliphatic hydroxyl groups excluding tert-OH is 3. The summed E-state index contributed by atoms with van der Waals surface area (Å²) in [5.74, 6) is -2.70. The van der Waals surface area contributed by atoms with Gasteiger partial charge in [0, 0.05) is 17.9 Å². The molecule has 5 atom stereocenters. The van der Waals surface area contributed by atoms with Gasteiger partial charge in [-0.15, -0.1) is 0 Å². The van der Waals surface area contributed by atoms with Gasteiger partial charge in [-0.25, -0.2) is 0 Å². The molecule has 0 fully saturated rings. The Morgan fingerprint density at radius 2 is 1.83 bits per heavy atom. The van der Waals surface area contributed by atoms with Crippen molar-refractivity contribution >= 4 is 5.78 Å². The lowest BCUT2D eigenvalue weighted by atomic mass is 9.97. The summed E-state index contributed by atoms with van der Waals surface area (Å²) < 4.78 is 5.26. The number of ketones is 1. The first-order valence-corrected chi connectivity index (χ1v) is 10.7. The molecule has 0 saturated heterocycles. The largest absolute Gasteiger partial charge is 0.456 e. The van der Waals surface area contributed by atoms with E-state index in [0.29, 0.717) is 12.8 Å². The third-order valence-electron chi connectivity index (χ3n) is 5.40. The molecule has 30 heavy (non-hydrogen) atoms. The second-order valence-electron chi connectivity index (χ2n) is 8.14. The lowest BCUT2D eigenvalue weighted by molar-refractivity contribution is -0.213. The van der Waals surface area contributed by atoms with E-state index in [0.717, 1.165) is 18.4 Å². The molecule has 1 heterocycles. The zero-order valence-electron chi connectivity index (χ0n) is 18.8. The normalized spacial score (nSPS) is 24.6. The van der Waals surface area contributed by atoms with Crippen molar-refractivity contribution in [3.05, 3.63) is 47.3 Å². The lowest BCUT2D eigenvalue weighted by Crippen LogP contribution is -2.47. The number of carbonyl (C=O) groups is 1. The molecule has 5 unspecified atom stereocenters. The van der Waals surface area contributed by atoms with Crippen LogP contribution in [-0.2, 0) is 9.53 Å². The smallest absolute Gasteiger partial charge is 0.298 e. The fourth-order valence-electron chi connectivity index (χ4n) is 3.21. The molecule has 0 bridgehead atoms. The summed E-state index contributed by atoms with van der Waals surface area (Å²) in [6, 6.07) is 0. The summed E-state index contributed by atoms with van der Waals surface area (Å²) >= 11 is 0. The van der Waals surface area contributed by atoms with Gasteiger partial charge in [0.1, 0.15) is 11.9 Å². The fourth-order valence-corrected chi connectivity index (χ4v) is 3.21. The van der Waals surface area contributed by atoms with Crippen LogP contribution in [0.15, 0.2) is 47.3 Å². The van der Waals surface area contributed by atoms with Crippen LogP contribution in [0.25, 0.3) is 0 Å². The number of ether oxygens (including phenoxy) is 1. The van der Waals surface area contributed by atoms with Gasteiger partial charge in [-0.1, -0.05) is 50.6 Å². The molecule has 0 aliphatic carbocycles. The molecule has 6 nitrogen and oxygen atoms in total. The number of hydrogen-bond acceptors (Lipinski definition) is 6. The minimum absolute atomic E-state index is 0.00739. The Balaban J connectivity index is 2.44. The zero-order valence-corrected chi connectivity index (χ0v) is 18.8. The van der Waals surface area contributed by atoms with E-state index in [9.17, 15) is 25.2 Å². The van der Waals surface area contributed by atoms with E-state index in [4.69, 9.17) is 4.74 Å². The van der Waals surface area contributed by atoms with Gasteiger partial charge in [-0.3, -0.25) is 4.79 Å². The number of unbranched alkanes of at least 4 members (excludes halogenated alkanes) is 1. The summed E-state index contributed by atoms with van der Waals surface area (Å²) in [6.07, 6.45) is 10.3. The van der Waals surface area contributed by atoms with Crippen molar-refractivity contribution in [2.45, 2.75) is 90.8 Å². The minimum atomic E-state index is -2.25. The van der Waals surface area contributed by atoms with Crippen LogP contribution in [0.2, 0.25) is 0 Å². The Bertz CT molecular complexity index is 688. The Kier molecular flexibility index (Phi) is 10.7. The molecule has 6 heteroatoms. The number of allylic oxidation sites excluding steroid dienone is 4. The highest BCUT2D eigenvalue weighted by Gasteiger charge is 2.50. The van der Waals surface area contributed by atoms with E-state index in [1.165, 1.54) is 13.8 Å².